The first-order chi connectivity index (χ1) is 13.7. The van der Waals surface area contributed by atoms with Gasteiger partial charge in [-0.25, -0.2) is 0 Å². The summed E-state index contributed by atoms with van der Waals surface area (Å²) >= 11 is 0. The highest BCUT2D eigenvalue weighted by Gasteiger charge is 2.20. The number of anilines is 1. The lowest BCUT2D eigenvalue weighted by molar-refractivity contribution is -0.614. The fraction of sp³-hybridized carbons (Fsp3) is 0.381. The van der Waals surface area contributed by atoms with Crippen LogP contribution in [0.25, 0.3) is 10.9 Å². The van der Waals surface area contributed by atoms with Gasteiger partial charge < -0.3 is 20.4 Å². The number of nitrogens with zero attached hydrogens (tertiary/aromatic N) is 3. The van der Waals surface area contributed by atoms with Crippen LogP contribution in [0.3, 0.4) is 0 Å². The Morgan fingerprint density at radius 3 is 2.83 bits per heavy atom. The van der Waals surface area contributed by atoms with Gasteiger partial charge >= 0.3 is 5.91 Å². The van der Waals surface area contributed by atoms with Gasteiger partial charge in [0.15, 0.2) is 5.69 Å². The summed E-state index contributed by atoms with van der Waals surface area (Å²) in [5.74, 6) is -0.0374. The third-order valence-electron chi connectivity index (χ3n) is 4.52. The van der Waals surface area contributed by atoms with Gasteiger partial charge in [-0.1, -0.05) is 0 Å². The van der Waals surface area contributed by atoms with E-state index >= 15 is 0 Å². The molecule has 0 aliphatic heterocycles. The van der Waals surface area contributed by atoms with Crippen LogP contribution >= 0.6 is 0 Å². The molecule has 8 nitrogen and oxygen atoms in total. The number of benzene rings is 1. The summed E-state index contributed by atoms with van der Waals surface area (Å²) in [5.41, 5.74) is 0.846. The van der Waals surface area contributed by atoms with Gasteiger partial charge in [0.2, 0.25) is 0 Å². The number of amides is 1. The molecular formula is C21H26N4O4. The van der Waals surface area contributed by atoms with E-state index in [2.05, 4.69) is 10.4 Å². The second-order valence-corrected chi connectivity index (χ2v) is 7.60. The number of aliphatic hydroxyl groups is 1. The number of hydrogen-bond donors (Lipinski definition) is 2. The fourth-order valence-corrected chi connectivity index (χ4v) is 2.94. The van der Waals surface area contributed by atoms with Crippen molar-refractivity contribution in [2.45, 2.75) is 46.3 Å². The van der Waals surface area contributed by atoms with Gasteiger partial charge in [0.1, 0.15) is 5.75 Å². The van der Waals surface area contributed by atoms with E-state index in [1.165, 1.54) is 6.07 Å². The largest absolute Gasteiger partial charge is 0.618 e. The molecule has 8 heteroatoms. The minimum Gasteiger partial charge on any atom is -0.618 e. The highest BCUT2D eigenvalue weighted by molar-refractivity contribution is 6.04. The maximum absolute atomic E-state index is 12.7. The molecular weight excluding hydrogens is 372 g/mol. The predicted octanol–water partition coefficient (Wildman–Crippen LogP) is 2.79. The van der Waals surface area contributed by atoms with Crippen LogP contribution in [0.15, 0.2) is 36.5 Å². The topological polar surface area (TPSA) is 103 Å². The van der Waals surface area contributed by atoms with Crippen LogP contribution in [0.1, 0.15) is 43.4 Å². The third kappa shape index (κ3) is 4.83. The molecule has 2 aromatic heterocycles. The molecule has 1 aromatic carbocycles. The zero-order chi connectivity index (χ0) is 21.2. The van der Waals surface area contributed by atoms with E-state index in [4.69, 9.17) is 4.74 Å². The summed E-state index contributed by atoms with van der Waals surface area (Å²) in [6, 6.07) is 8.32. The molecule has 29 heavy (non-hydrogen) atoms. The molecule has 0 aliphatic carbocycles. The minimum absolute atomic E-state index is 0.00779. The molecule has 0 radical (unpaired) electrons. The summed E-state index contributed by atoms with van der Waals surface area (Å²) in [5, 5.41) is 30.2. The Morgan fingerprint density at radius 1 is 1.38 bits per heavy atom. The highest BCUT2D eigenvalue weighted by Crippen LogP contribution is 2.30. The molecule has 154 valence electrons. The molecule has 0 bridgehead atoms. The van der Waals surface area contributed by atoms with E-state index in [1.807, 2.05) is 13.1 Å². The van der Waals surface area contributed by atoms with Gasteiger partial charge in [-0.2, -0.15) is 9.83 Å². The molecule has 0 saturated heterocycles. The molecule has 0 unspecified atom stereocenters. The van der Waals surface area contributed by atoms with Crippen molar-refractivity contribution in [2.24, 2.45) is 0 Å². The predicted molar refractivity (Wildman–Crippen MR) is 110 cm³/mol. The number of fused-ring (bicyclic) bond motifs is 1. The zero-order valence-corrected chi connectivity index (χ0v) is 17.1. The number of carbonyl (C=O) groups is 1. The van der Waals surface area contributed by atoms with E-state index in [-0.39, 0.29) is 5.69 Å². The van der Waals surface area contributed by atoms with Crippen molar-refractivity contribution in [3.63, 3.8) is 0 Å². The lowest BCUT2D eigenvalue weighted by Gasteiger charge is -2.16. The number of rotatable bonds is 7. The molecule has 0 spiro atoms. The normalized spacial score (nSPS) is 11.6. The Hall–Kier alpha value is -3.13. The van der Waals surface area contributed by atoms with Gasteiger partial charge in [-0.05, 0) is 39.3 Å². The lowest BCUT2D eigenvalue weighted by Crippen LogP contribution is -2.39. The number of ether oxygens (including phenoxy) is 1. The van der Waals surface area contributed by atoms with Gasteiger partial charge in [0.25, 0.3) is 5.69 Å². The maximum atomic E-state index is 12.7. The van der Waals surface area contributed by atoms with Crippen LogP contribution in [0, 0.1) is 12.1 Å². The molecule has 2 heterocycles. The van der Waals surface area contributed by atoms with Crippen molar-refractivity contribution >= 4 is 22.5 Å². The first kappa shape index (κ1) is 20.6. The van der Waals surface area contributed by atoms with Crippen molar-refractivity contribution in [3.8, 4) is 5.75 Å². The monoisotopic (exact) mass is 398 g/mol. The molecule has 0 saturated carbocycles. The second kappa shape index (κ2) is 8.08. The van der Waals surface area contributed by atoms with E-state index in [0.717, 1.165) is 10.9 Å². The first-order valence-corrected chi connectivity index (χ1v) is 9.55. The van der Waals surface area contributed by atoms with Crippen LogP contribution in [0.2, 0.25) is 0 Å². The van der Waals surface area contributed by atoms with Gasteiger partial charge in [0, 0.05) is 43.3 Å². The molecule has 0 fully saturated rings. The Morgan fingerprint density at radius 2 is 2.14 bits per heavy atom. The number of carbonyl (C=O) groups excluding carboxylic acids is 1. The highest BCUT2D eigenvalue weighted by atomic mass is 16.5. The maximum Gasteiger partial charge on any atom is 0.321 e. The standard InChI is InChI=1S/C21H26N4O4/c1-5-29-19-12-16-15(13-24(23-16)10-9-21(3,4)27)11-17(19)22-20(26)18-8-6-7-14(2)25(18)28/h6-8,11-13,27H,5,9-10H2,1-4H3,(H,22,26). The van der Waals surface area contributed by atoms with Crippen LogP contribution in [0.4, 0.5) is 5.69 Å². The number of hydrogen-bond acceptors (Lipinski definition) is 5. The van der Waals surface area contributed by atoms with Crippen molar-refractivity contribution in [2.75, 3.05) is 11.9 Å². The number of pyridine rings is 1. The summed E-state index contributed by atoms with van der Waals surface area (Å²) < 4.78 is 8.03. The Kier molecular flexibility index (Phi) is 5.74. The zero-order valence-electron chi connectivity index (χ0n) is 17.1. The third-order valence-corrected chi connectivity index (χ3v) is 4.52. The average molecular weight is 398 g/mol. The molecule has 3 rings (SSSR count). The van der Waals surface area contributed by atoms with Crippen LogP contribution in [-0.2, 0) is 6.54 Å². The van der Waals surface area contributed by atoms with E-state index in [1.54, 1.807) is 49.7 Å². The number of aromatic nitrogens is 3. The van der Waals surface area contributed by atoms with Gasteiger partial charge in [0.05, 0.1) is 23.4 Å². The molecule has 3 aromatic rings. The average Bonchev–Trinajstić information content (AvgIpc) is 3.04. The molecule has 0 atom stereocenters. The van der Waals surface area contributed by atoms with Crippen molar-refractivity contribution in [3.05, 3.63) is 53.1 Å². The second-order valence-electron chi connectivity index (χ2n) is 7.60. The Balaban J connectivity index is 1.92. The Labute approximate surface area is 169 Å². The minimum atomic E-state index is -0.782. The van der Waals surface area contributed by atoms with E-state index in [0.29, 0.717) is 41.4 Å². The lowest BCUT2D eigenvalue weighted by atomic mass is 10.1. The SMILES string of the molecule is CCOc1cc2nn(CCC(C)(C)O)cc2cc1NC(=O)c1cccc(C)[n+]1[O-]. The molecule has 2 N–H and O–H groups in total. The van der Waals surface area contributed by atoms with Crippen molar-refractivity contribution in [1.82, 2.24) is 9.78 Å². The summed E-state index contributed by atoms with van der Waals surface area (Å²) in [6.45, 7) is 7.98. The quantitative estimate of drug-likeness (QED) is 0.470. The van der Waals surface area contributed by atoms with Crippen molar-refractivity contribution < 1.29 is 19.4 Å². The molecule has 1 amide bonds. The fourth-order valence-electron chi connectivity index (χ4n) is 2.94. The Bertz CT molecular complexity index is 1040. The van der Waals surface area contributed by atoms with Crippen LogP contribution < -0.4 is 14.8 Å². The van der Waals surface area contributed by atoms with Crippen LogP contribution in [-0.4, -0.2) is 33.0 Å². The van der Waals surface area contributed by atoms with Crippen LogP contribution in [0.5, 0.6) is 5.75 Å². The summed E-state index contributed by atoms with van der Waals surface area (Å²) in [6.07, 6.45) is 2.41. The van der Waals surface area contributed by atoms with Gasteiger partial charge in [-0.3, -0.25) is 9.48 Å². The number of aryl methyl sites for hydroxylation is 2. The molecule has 0 aliphatic rings. The van der Waals surface area contributed by atoms with Crippen molar-refractivity contribution in [1.29, 1.82) is 0 Å². The number of nitrogens with one attached hydrogen (secondary N) is 1. The smallest absolute Gasteiger partial charge is 0.321 e. The van der Waals surface area contributed by atoms with E-state index in [9.17, 15) is 15.1 Å². The summed E-state index contributed by atoms with van der Waals surface area (Å²) in [4.78, 5) is 12.7. The van der Waals surface area contributed by atoms with E-state index < -0.39 is 11.5 Å². The first-order valence-electron chi connectivity index (χ1n) is 9.55. The van der Waals surface area contributed by atoms with Gasteiger partial charge in [-0.15, -0.1) is 0 Å². The summed E-state index contributed by atoms with van der Waals surface area (Å²) in [7, 11) is 0.